The summed E-state index contributed by atoms with van der Waals surface area (Å²) in [6.07, 6.45) is 1.89. The molecule has 2 rings (SSSR count). The van der Waals surface area contributed by atoms with Crippen LogP contribution < -0.4 is 0 Å². The van der Waals surface area contributed by atoms with Gasteiger partial charge < -0.3 is 4.74 Å². The van der Waals surface area contributed by atoms with Crippen molar-refractivity contribution in [2.75, 3.05) is 26.8 Å². The van der Waals surface area contributed by atoms with E-state index in [4.69, 9.17) is 16.3 Å². The fourth-order valence-corrected chi connectivity index (χ4v) is 4.61. The predicted molar refractivity (Wildman–Crippen MR) is 84.1 cm³/mol. The van der Waals surface area contributed by atoms with Gasteiger partial charge >= 0.3 is 0 Å². The molecule has 1 aromatic rings. The first-order valence-corrected chi connectivity index (χ1v) is 9.11. The van der Waals surface area contributed by atoms with Gasteiger partial charge in [-0.3, -0.25) is 0 Å². The van der Waals surface area contributed by atoms with Crippen LogP contribution in [0.2, 0.25) is 0 Å². The Morgan fingerprint density at radius 1 is 1.43 bits per heavy atom. The summed E-state index contributed by atoms with van der Waals surface area (Å²) in [5, 5.41) is 0. The summed E-state index contributed by atoms with van der Waals surface area (Å²) in [6.45, 7) is 3.64. The fourth-order valence-electron chi connectivity index (χ4n) is 2.72. The van der Waals surface area contributed by atoms with Gasteiger partial charge in [0.1, 0.15) is 0 Å². The zero-order valence-corrected chi connectivity index (χ0v) is 14.1. The van der Waals surface area contributed by atoms with Crippen LogP contribution in [-0.4, -0.2) is 39.5 Å². The zero-order chi connectivity index (χ0) is 15.5. The summed E-state index contributed by atoms with van der Waals surface area (Å²) in [5.41, 5.74) is 1.88. The molecule has 1 unspecified atom stereocenters. The van der Waals surface area contributed by atoms with Crippen LogP contribution in [-0.2, 0) is 20.6 Å². The molecule has 21 heavy (non-hydrogen) atoms. The Balaban J connectivity index is 2.25. The molecule has 0 spiro atoms. The van der Waals surface area contributed by atoms with Crippen LogP contribution >= 0.6 is 11.6 Å². The van der Waals surface area contributed by atoms with Gasteiger partial charge in [-0.2, -0.15) is 4.31 Å². The summed E-state index contributed by atoms with van der Waals surface area (Å²) in [7, 11) is -1.79. The molecule has 0 amide bonds. The molecule has 0 saturated carbocycles. The van der Waals surface area contributed by atoms with Crippen LogP contribution in [0, 0.1) is 12.8 Å². The molecule has 1 heterocycles. The molecule has 0 radical (unpaired) electrons. The van der Waals surface area contributed by atoms with Gasteiger partial charge in [-0.1, -0.05) is 6.07 Å². The highest BCUT2D eigenvalue weighted by atomic mass is 35.5. The number of alkyl halides is 1. The second-order valence-electron chi connectivity index (χ2n) is 5.55. The molecule has 6 heteroatoms. The summed E-state index contributed by atoms with van der Waals surface area (Å²) in [4.78, 5) is 0.335. The van der Waals surface area contributed by atoms with Crippen molar-refractivity contribution < 1.29 is 13.2 Å². The van der Waals surface area contributed by atoms with E-state index in [9.17, 15) is 8.42 Å². The molecule has 118 valence electrons. The highest BCUT2D eigenvalue weighted by Crippen LogP contribution is 2.25. The predicted octanol–water partition coefficient (Wildman–Crippen LogP) is 2.78. The number of aryl methyl sites for hydroxylation is 1. The number of benzene rings is 1. The first kappa shape index (κ1) is 16.7. The van der Waals surface area contributed by atoms with Crippen molar-refractivity contribution in [2.24, 2.45) is 5.92 Å². The van der Waals surface area contributed by atoms with Crippen molar-refractivity contribution in [1.82, 2.24) is 4.31 Å². The van der Waals surface area contributed by atoms with Crippen molar-refractivity contribution in [3.05, 3.63) is 29.3 Å². The quantitative estimate of drug-likeness (QED) is 0.779. The zero-order valence-electron chi connectivity index (χ0n) is 12.5. The smallest absolute Gasteiger partial charge is 0.243 e. The minimum absolute atomic E-state index is 0.275. The van der Waals surface area contributed by atoms with E-state index in [0.29, 0.717) is 30.5 Å². The molecule has 1 aliphatic heterocycles. The minimum atomic E-state index is -3.44. The molecule has 0 aliphatic carbocycles. The van der Waals surface area contributed by atoms with E-state index in [1.165, 1.54) is 0 Å². The van der Waals surface area contributed by atoms with Gasteiger partial charge in [-0.15, -0.1) is 11.6 Å². The van der Waals surface area contributed by atoms with Gasteiger partial charge in [-0.25, -0.2) is 8.42 Å². The van der Waals surface area contributed by atoms with Gasteiger partial charge in [0, 0.05) is 26.1 Å². The largest absolute Gasteiger partial charge is 0.384 e. The number of halogens is 1. The highest BCUT2D eigenvalue weighted by Gasteiger charge is 2.30. The van der Waals surface area contributed by atoms with Gasteiger partial charge in [0.05, 0.1) is 11.5 Å². The van der Waals surface area contributed by atoms with E-state index in [-0.39, 0.29) is 5.92 Å². The van der Waals surface area contributed by atoms with E-state index in [0.717, 1.165) is 24.0 Å². The summed E-state index contributed by atoms with van der Waals surface area (Å²) in [6, 6.07) is 5.18. The highest BCUT2D eigenvalue weighted by molar-refractivity contribution is 7.89. The Morgan fingerprint density at radius 3 is 2.86 bits per heavy atom. The van der Waals surface area contributed by atoms with Crippen molar-refractivity contribution in [1.29, 1.82) is 0 Å². The van der Waals surface area contributed by atoms with Gasteiger partial charge in [0.15, 0.2) is 0 Å². The van der Waals surface area contributed by atoms with Crippen molar-refractivity contribution in [3.8, 4) is 0 Å². The number of methoxy groups -OCH3 is 1. The average molecular weight is 332 g/mol. The molecule has 4 nitrogen and oxygen atoms in total. The lowest BCUT2D eigenvalue weighted by Crippen LogP contribution is -2.41. The van der Waals surface area contributed by atoms with E-state index in [2.05, 4.69) is 0 Å². The number of rotatable bonds is 5. The first-order chi connectivity index (χ1) is 9.98. The van der Waals surface area contributed by atoms with Crippen LogP contribution in [0.4, 0.5) is 0 Å². The van der Waals surface area contributed by atoms with Crippen LogP contribution in [0.1, 0.15) is 24.0 Å². The summed E-state index contributed by atoms with van der Waals surface area (Å²) < 4.78 is 32.3. The number of nitrogens with zero attached hydrogens (tertiary/aromatic N) is 1. The van der Waals surface area contributed by atoms with E-state index >= 15 is 0 Å². The topological polar surface area (TPSA) is 46.6 Å². The second-order valence-corrected chi connectivity index (χ2v) is 7.75. The maximum Gasteiger partial charge on any atom is 0.243 e. The number of piperidine rings is 1. The summed E-state index contributed by atoms with van der Waals surface area (Å²) >= 11 is 5.88. The lowest BCUT2D eigenvalue weighted by atomic mass is 10.0. The molecule has 0 aromatic heterocycles. The minimum Gasteiger partial charge on any atom is -0.384 e. The van der Waals surface area contributed by atoms with Crippen LogP contribution in [0.3, 0.4) is 0 Å². The fraction of sp³-hybridized carbons (Fsp3) is 0.600. The second kappa shape index (κ2) is 7.09. The molecule has 1 saturated heterocycles. The lowest BCUT2D eigenvalue weighted by Gasteiger charge is -2.31. The number of hydrogen-bond acceptors (Lipinski definition) is 3. The normalized spacial score (nSPS) is 20.6. The van der Waals surface area contributed by atoms with E-state index in [1.54, 1.807) is 23.5 Å². The van der Waals surface area contributed by atoms with Crippen molar-refractivity contribution >= 4 is 21.6 Å². The molecule has 0 bridgehead atoms. The number of sulfonamides is 1. The van der Waals surface area contributed by atoms with E-state index < -0.39 is 10.0 Å². The van der Waals surface area contributed by atoms with Gasteiger partial charge in [-0.05, 0) is 48.9 Å². The third-order valence-electron chi connectivity index (χ3n) is 3.99. The molecular formula is C15H22ClNO3S. The molecule has 0 N–H and O–H groups in total. The maximum absolute atomic E-state index is 12.8. The maximum atomic E-state index is 12.8. The molecule has 1 atom stereocenters. The molecule has 1 fully saturated rings. The number of ether oxygens (including phenoxy) is 1. The van der Waals surface area contributed by atoms with Crippen molar-refractivity contribution in [3.63, 3.8) is 0 Å². The Labute approximate surface area is 132 Å². The Morgan fingerprint density at radius 2 is 2.19 bits per heavy atom. The monoisotopic (exact) mass is 331 g/mol. The van der Waals surface area contributed by atoms with Gasteiger partial charge in [0.2, 0.25) is 10.0 Å². The molecule has 1 aromatic carbocycles. The third kappa shape index (κ3) is 3.77. The Hall–Kier alpha value is -0.620. The van der Waals surface area contributed by atoms with Crippen LogP contribution in [0.15, 0.2) is 23.1 Å². The SMILES string of the molecule is COCC1CCCN(S(=O)(=O)c2ccc(C)c(CCl)c2)C1. The van der Waals surface area contributed by atoms with Crippen molar-refractivity contribution in [2.45, 2.75) is 30.5 Å². The lowest BCUT2D eigenvalue weighted by molar-refractivity contribution is 0.118. The Kier molecular flexibility index (Phi) is 5.66. The molecule has 1 aliphatic rings. The first-order valence-electron chi connectivity index (χ1n) is 7.13. The third-order valence-corrected chi connectivity index (χ3v) is 6.14. The van der Waals surface area contributed by atoms with Crippen LogP contribution in [0.25, 0.3) is 0 Å². The Bertz CT molecular complexity index is 587. The summed E-state index contributed by atoms with van der Waals surface area (Å²) in [5.74, 6) is 0.595. The standard InChI is InChI=1S/C15H22ClNO3S/c1-12-5-6-15(8-14(12)9-16)21(18,19)17-7-3-4-13(10-17)11-20-2/h5-6,8,13H,3-4,7,9-11H2,1-2H3. The number of hydrogen-bond donors (Lipinski definition) is 0. The van der Waals surface area contributed by atoms with Gasteiger partial charge in [0.25, 0.3) is 0 Å². The average Bonchev–Trinajstić information content (AvgIpc) is 2.48. The van der Waals surface area contributed by atoms with Crippen LogP contribution in [0.5, 0.6) is 0 Å². The van der Waals surface area contributed by atoms with E-state index in [1.807, 2.05) is 13.0 Å². The molecular weight excluding hydrogens is 310 g/mol.